The van der Waals surface area contributed by atoms with Gasteiger partial charge in [-0.05, 0) is 39.6 Å². The lowest BCUT2D eigenvalue weighted by Crippen LogP contribution is -2.20. The average molecular weight is 226 g/mol. The van der Waals surface area contributed by atoms with Gasteiger partial charge < -0.3 is 10.6 Å². The second-order valence-corrected chi connectivity index (χ2v) is 3.38. The molecule has 0 bridgehead atoms. The highest BCUT2D eigenvalue weighted by atomic mass is 16.1. The van der Waals surface area contributed by atoms with Crippen molar-refractivity contribution < 1.29 is 4.79 Å². The van der Waals surface area contributed by atoms with E-state index in [2.05, 4.69) is 20.9 Å². The topological polar surface area (TPSA) is 65.5 Å². The van der Waals surface area contributed by atoms with Crippen LogP contribution in [0.1, 0.15) is 13.3 Å². The summed E-state index contributed by atoms with van der Waals surface area (Å²) in [4.78, 5) is 15.2. The number of allylic oxidation sites excluding steroid dienone is 1. The van der Waals surface area contributed by atoms with Gasteiger partial charge in [-0.2, -0.15) is 0 Å². The molecule has 0 aromatic rings. The van der Waals surface area contributed by atoms with Crippen molar-refractivity contribution in [1.82, 2.24) is 16.0 Å². The second-order valence-electron chi connectivity index (χ2n) is 3.38. The minimum atomic E-state index is -0.0755. The molecule has 0 fully saturated rings. The van der Waals surface area contributed by atoms with Crippen LogP contribution in [0.5, 0.6) is 0 Å². The quantitative estimate of drug-likeness (QED) is 0.308. The van der Waals surface area contributed by atoms with Crippen LogP contribution < -0.4 is 16.0 Å². The van der Waals surface area contributed by atoms with E-state index in [4.69, 9.17) is 0 Å². The van der Waals surface area contributed by atoms with E-state index in [0.717, 1.165) is 19.5 Å². The van der Waals surface area contributed by atoms with Crippen molar-refractivity contribution >= 4 is 12.1 Å². The van der Waals surface area contributed by atoms with Crippen LogP contribution in [0.3, 0.4) is 0 Å². The summed E-state index contributed by atoms with van der Waals surface area (Å²) >= 11 is 0. The number of carbonyl (C=O) groups excluding carboxylic acids is 1. The molecule has 5 nitrogen and oxygen atoms in total. The number of likely N-dealkylation sites (N-methyl/N-ethyl adjacent to an activating group) is 1. The molecule has 0 atom stereocenters. The Bertz CT molecular complexity index is 248. The number of nitrogens with zero attached hydrogens (tertiary/aromatic N) is 1. The summed E-state index contributed by atoms with van der Waals surface area (Å²) < 4.78 is 0. The van der Waals surface area contributed by atoms with Gasteiger partial charge in [-0.3, -0.25) is 15.1 Å². The van der Waals surface area contributed by atoms with Crippen molar-refractivity contribution in [2.45, 2.75) is 13.3 Å². The lowest BCUT2D eigenvalue weighted by molar-refractivity contribution is -0.116. The van der Waals surface area contributed by atoms with Crippen molar-refractivity contribution in [3.05, 3.63) is 11.6 Å². The third-order valence-electron chi connectivity index (χ3n) is 2.00. The maximum atomic E-state index is 11.1. The van der Waals surface area contributed by atoms with Crippen LogP contribution in [-0.2, 0) is 4.79 Å². The fourth-order valence-electron chi connectivity index (χ4n) is 1.02. The van der Waals surface area contributed by atoms with E-state index in [9.17, 15) is 4.79 Å². The molecule has 0 heterocycles. The van der Waals surface area contributed by atoms with Gasteiger partial charge in [0.2, 0.25) is 5.91 Å². The molecule has 0 aliphatic carbocycles. The highest BCUT2D eigenvalue weighted by Gasteiger charge is 1.96. The maximum Gasteiger partial charge on any atom is 0.246 e. The molecule has 0 saturated carbocycles. The summed E-state index contributed by atoms with van der Waals surface area (Å²) in [6.45, 7) is 4.29. The number of nitrogens with one attached hydrogen (secondary N) is 3. The number of rotatable bonds is 8. The zero-order valence-electron chi connectivity index (χ0n) is 10.3. The molecule has 0 spiro atoms. The molecule has 5 heteroatoms. The zero-order chi connectivity index (χ0) is 12.2. The third kappa shape index (κ3) is 8.14. The van der Waals surface area contributed by atoms with E-state index in [-0.39, 0.29) is 5.91 Å². The fraction of sp³-hybridized carbons (Fsp3) is 0.636. The van der Waals surface area contributed by atoms with Gasteiger partial charge >= 0.3 is 0 Å². The molecule has 0 rings (SSSR count). The van der Waals surface area contributed by atoms with Gasteiger partial charge in [0.05, 0.1) is 6.67 Å². The lowest BCUT2D eigenvalue weighted by Gasteiger charge is -2.00. The average Bonchev–Trinajstić information content (AvgIpc) is 2.31. The Labute approximate surface area is 97.4 Å². The van der Waals surface area contributed by atoms with E-state index in [1.165, 1.54) is 0 Å². The molecule has 16 heavy (non-hydrogen) atoms. The van der Waals surface area contributed by atoms with Crippen LogP contribution in [0.2, 0.25) is 0 Å². The Morgan fingerprint density at radius 1 is 1.31 bits per heavy atom. The van der Waals surface area contributed by atoms with Gasteiger partial charge in [0.15, 0.2) is 0 Å². The zero-order valence-corrected chi connectivity index (χ0v) is 10.3. The van der Waals surface area contributed by atoms with Crippen molar-refractivity contribution in [3.63, 3.8) is 0 Å². The molecule has 0 radical (unpaired) electrons. The molecule has 3 N–H and O–H groups in total. The van der Waals surface area contributed by atoms with Crippen LogP contribution in [0.4, 0.5) is 0 Å². The monoisotopic (exact) mass is 226 g/mol. The summed E-state index contributed by atoms with van der Waals surface area (Å²) in [5.41, 5.74) is 0.654. The highest BCUT2D eigenvalue weighted by molar-refractivity contribution is 5.96. The molecular weight excluding hydrogens is 204 g/mol. The van der Waals surface area contributed by atoms with Gasteiger partial charge in [-0.1, -0.05) is 0 Å². The van der Waals surface area contributed by atoms with Gasteiger partial charge in [-0.15, -0.1) is 0 Å². The molecule has 1 amide bonds. The molecular formula is C11H22N4O. The number of hydrogen-bond donors (Lipinski definition) is 3. The highest BCUT2D eigenvalue weighted by Crippen LogP contribution is 1.88. The first-order chi connectivity index (χ1) is 7.72. The van der Waals surface area contributed by atoms with Crippen LogP contribution >= 0.6 is 0 Å². The molecule has 0 aromatic heterocycles. The van der Waals surface area contributed by atoms with Crippen LogP contribution in [0.15, 0.2) is 16.6 Å². The van der Waals surface area contributed by atoms with E-state index in [1.54, 1.807) is 26.3 Å². The maximum absolute atomic E-state index is 11.1. The largest absolute Gasteiger partial charge is 0.355 e. The first-order valence-electron chi connectivity index (χ1n) is 5.46. The van der Waals surface area contributed by atoms with Gasteiger partial charge in [0.1, 0.15) is 0 Å². The fourth-order valence-corrected chi connectivity index (χ4v) is 1.02. The number of aliphatic imine (C=N–C) groups is 1. The third-order valence-corrected chi connectivity index (χ3v) is 2.00. The summed E-state index contributed by atoms with van der Waals surface area (Å²) in [6.07, 6.45) is 4.43. The Hall–Kier alpha value is -1.20. The minimum Gasteiger partial charge on any atom is -0.355 e. The molecule has 92 valence electrons. The standard InChI is InChI=1S/C11H22N4O/c1-10(11(16)13-3)5-8-15-9-14-7-4-6-12-2/h5,8,12,14H,4,6-7,9H2,1-3H3,(H,13,16)/b10-5+,15-8?. The SMILES string of the molecule is CNCCCNCN=C/C=C(\C)C(=O)NC. The smallest absolute Gasteiger partial charge is 0.246 e. The van der Waals surface area contributed by atoms with E-state index in [0.29, 0.717) is 12.2 Å². The van der Waals surface area contributed by atoms with Crippen molar-refractivity contribution in [1.29, 1.82) is 0 Å². The molecule has 0 unspecified atom stereocenters. The molecule has 0 aromatic carbocycles. The summed E-state index contributed by atoms with van der Waals surface area (Å²) in [5.74, 6) is -0.0755. The van der Waals surface area contributed by atoms with Crippen LogP contribution in [0.25, 0.3) is 0 Å². The van der Waals surface area contributed by atoms with Crippen molar-refractivity contribution in [2.75, 3.05) is 33.9 Å². The second kappa shape index (κ2) is 10.3. The normalized spacial score (nSPS) is 12.1. The van der Waals surface area contributed by atoms with Crippen LogP contribution in [-0.4, -0.2) is 46.0 Å². The lowest BCUT2D eigenvalue weighted by atomic mass is 10.3. The Kier molecular flexibility index (Phi) is 9.55. The first-order valence-corrected chi connectivity index (χ1v) is 5.46. The number of amides is 1. The van der Waals surface area contributed by atoms with Gasteiger partial charge in [0, 0.05) is 18.8 Å². The summed E-state index contributed by atoms with van der Waals surface area (Å²) in [7, 11) is 3.55. The van der Waals surface area contributed by atoms with Crippen molar-refractivity contribution in [2.24, 2.45) is 4.99 Å². The van der Waals surface area contributed by atoms with E-state index >= 15 is 0 Å². The Morgan fingerprint density at radius 2 is 2.06 bits per heavy atom. The molecule has 0 aliphatic rings. The van der Waals surface area contributed by atoms with Crippen molar-refractivity contribution in [3.8, 4) is 0 Å². The predicted molar refractivity (Wildman–Crippen MR) is 67.7 cm³/mol. The van der Waals surface area contributed by atoms with Gasteiger partial charge in [-0.25, -0.2) is 0 Å². The number of hydrogen-bond acceptors (Lipinski definition) is 4. The Balaban J connectivity index is 3.57. The summed E-state index contributed by atoms with van der Waals surface area (Å²) in [6, 6.07) is 0. The Morgan fingerprint density at radius 3 is 2.69 bits per heavy atom. The molecule has 0 saturated heterocycles. The molecule has 0 aliphatic heterocycles. The van der Waals surface area contributed by atoms with Crippen LogP contribution in [0, 0.1) is 0 Å². The summed E-state index contributed by atoms with van der Waals surface area (Å²) in [5, 5.41) is 8.79. The number of carbonyl (C=O) groups is 1. The van der Waals surface area contributed by atoms with E-state index in [1.807, 2.05) is 7.05 Å². The first kappa shape index (κ1) is 14.8. The van der Waals surface area contributed by atoms with E-state index < -0.39 is 0 Å². The minimum absolute atomic E-state index is 0.0755. The van der Waals surface area contributed by atoms with Gasteiger partial charge in [0.25, 0.3) is 0 Å². The predicted octanol–water partition coefficient (Wildman–Crippen LogP) is -0.0939.